The van der Waals surface area contributed by atoms with Gasteiger partial charge in [-0.05, 0) is 33.8 Å². The predicted molar refractivity (Wildman–Crippen MR) is 85.0 cm³/mol. The van der Waals surface area contributed by atoms with Gasteiger partial charge in [-0.15, -0.1) is 11.3 Å². The second-order valence-corrected chi connectivity index (χ2v) is 6.19. The third-order valence-corrected chi connectivity index (χ3v) is 4.72. The van der Waals surface area contributed by atoms with Gasteiger partial charge in [0.2, 0.25) is 0 Å². The van der Waals surface area contributed by atoms with Crippen LogP contribution in [0.4, 0.5) is 5.82 Å². The molecule has 5 nitrogen and oxygen atoms in total. The van der Waals surface area contributed by atoms with Crippen LogP contribution in [0.25, 0.3) is 11.0 Å². The van der Waals surface area contributed by atoms with Gasteiger partial charge in [-0.1, -0.05) is 13.0 Å². The molecule has 3 aromatic heterocycles. The summed E-state index contributed by atoms with van der Waals surface area (Å²) in [5.41, 5.74) is 0.815. The van der Waals surface area contributed by atoms with Gasteiger partial charge >= 0.3 is 0 Å². The summed E-state index contributed by atoms with van der Waals surface area (Å²) in [6.45, 7) is 2.16. The maximum atomic E-state index is 4.38. The Morgan fingerprint density at radius 1 is 1.45 bits per heavy atom. The van der Waals surface area contributed by atoms with E-state index in [0.717, 1.165) is 27.9 Å². The van der Waals surface area contributed by atoms with Crippen molar-refractivity contribution < 1.29 is 0 Å². The lowest BCUT2D eigenvalue weighted by Gasteiger charge is -2.16. The number of nitrogens with one attached hydrogen (secondary N) is 1. The zero-order chi connectivity index (χ0) is 14.1. The van der Waals surface area contributed by atoms with E-state index >= 15 is 0 Å². The number of aromatic nitrogens is 4. The Labute approximate surface area is 129 Å². The van der Waals surface area contributed by atoms with E-state index in [2.05, 4.69) is 60.7 Å². The highest BCUT2D eigenvalue weighted by Gasteiger charge is 2.17. The maximum absolute atomic E-state index is 4.38. The first kappa shape index (κ1) is 13.5. The SMILES string of the molecule is CCC(Nc1ncnc2c1c(Br)nn2C)c1cccs1. The minimum absolute atomic E-state index is 0.250. The Hall–Kier alpha value is -1.47. The van der Waals surface area contributed by atoms with Crippen LogP contribution < -0.4 is 5.32 Å². The molecule has 3 heterocycles. The normalized spacial score (nSPS) is 12.8. The van der Waals surface area contributed by atoms with Gasteiger partial charge in [0.05, 0.1) is 11.4 Å². The third-order valence-electron chi connectivity index (χ3n) is 3.18. The lowest BCUT2D eigenvalue weighted by atomic mass is 10.2. The van der Waals surface area contributed by atoms with Crippen LogP contribution in [0.1, 0.15) is 24.3 Å². The van der Waals surface area contributed by atoms with Crippen molar-refractivity contribution in [1.29, 1.82) is 0 Å². The molecular weight excluding hydrogens is 338 g/mol. The smallest absolute Gasteiger partial charge is 0.164 e. The molecule has 0 amide bonds. The third kappa shape index (κ3) is 2.31. The molecule has 0 radical (unpaired) electrons. The van der Waals surface area contributed by atoms with E-state index in [9.17, 15) is 0 Å². The van der Waals surface area contributed by atoms with E-state index in [1.54, 1.807) is 22.3 Å². The van der Waals surface area contributed by atoms with Crippen molar-refractivity contribution in [2.24, 2.45) is 7.05 Å². The van der Waals surface area contributed by atoms with Gasteiger partial charge in [-0.25, -0.2) is 14.6 Å². The molecule has 3 rings (SSSR count). The summed E-state index contributed by atoms with van der Waals surface area (Å²) in [7, 11) is 1.88. The lowest BCUT2D eigenvalue weighted by Crippen LogP contribution is -2.10. The van der Waals surface area contributed by atoms with Crippen molar-refractivity contribution in [3.8, 4) is 0 Å². The fraction of sp³-hybridized carbons (Fsp3) is 0.308. The van der Waals surface area contributed by atoms with Crippen LogP contribution in [0, 0.1) is 0 Å². The molecule has 0 aromatic carbocycles. The Morgan fingerprint density at radius 2 is 2.30 bits per heavy atom. The molecule has 0 aliphatic heterocycles. The van der Waals surface area contributed by atoms with Gasteiger partial charge in [-0.2, -0.15) is 5.10 Å². The Bertz CT molecular complexity index is 722. The largest absolute Gasteiger partial charge is 0.362 e. The van der Waals surface area contributed by atoms with Crippen molar-refractivity contribution in [2.75, 3.05) is 5.32 Å². The first-order valence-electron chi connectivity index (χ1n) is 6.33. The fourth-order valence-electron chi connectivity index (χ4n) is 2.18. The van der Waals surface area contributed by atoms with E-state index in [1.807, 2.05) is 7.05 Å². The predicted octanol–water partition coefficient (Wildman–Crippen LogP) is 3.75. The molecule has 0 bridgehead atoms. The number of halogens is 1. The van der Waals surface area contributed by atoms with Crippen LogP contribution in [0.5, 0.6) is 0 Å². The molecule has 0 saturated carbocycles. The molecule has 3 aromatic rings. The Balaban J connectivity index is 2.02. The summed E-state index contributed by atoms with van der Waals surface area (Å²) in [4.78, 5) is 9.96. The summed E-state index contributed by atoms with van der Waals surface area (Å²) in [5, 5.41) is 10.9. The van der Waals surface area contributed by atoms with Crippen LogP contribution >= 0.6 is 27.3 Å². The van der Waals surface area contributed by atoms with E-state index in [0.29, 0.717) is 0 Å². The Kier molecular flexibility index (Phi) is 3.71. The summed E-state index contributed by atoms with van der Waals surface area (Å²) < 4.78 is 2.51. The second kappa shape index (κ2) is 5.49. The molecule has 0 aliphatic carbocycles. The van der Waals surface area contributed by atoms with Crippen molar-refractivity contribution in [2.45, 2.75) is 19.4 Å². The summed E-state index contributed by atoms with van der Waals surface area (Å²) in [6.07, 6.45) is 2.56. The van der Waals surface area contributed by atoms with Crippen LogP contribution in [0.15, 0.2) is 28.4 Å². The number of aryl methyl sites for hydroxylation is 1. The molecule has 0 aliphatic rings. The van der Waals surface area contributed by atoms with Gasteiger partial charge in [0.15, 0.2) is 5.65 Å². The molecule has 0 saturated heterocycles. The van der Waals surface area contributed by atoms with E-state index in [4.69, 9.17) is 0 Å². The van der Waals surface area contributed by atoms with Crippen LogP contribution in [0.2, 0.25) is 0 Å². The number of fused-ring (bicyclic) bond motifs is 1. The van der Waals surface area contributed by atoms with Gasteiger partial charge in [-0.3, -0.25) is 0 Å². The van der Waals surface area contributed by atoms with Crippen LogP contribution in [-0.4, -0.2) is 19.7 Å². The number of nitrogens with zero attached hydrogens (tertiary/aromatic N) is 4. The van der Waals surface area contributed by atoms with Gasteiger partial charge in [0, 0.05) is 11.9 Å². The summed E-state index contributed by atoms with van der Waals surface area (Å²) in [5.74, 6) is 0.815. The van der Waals surface area contributed by atoms with Crippen molar-refractivity contribution in [1.82, 2.24) is 19.7 Å². The van der Waals surface area contributed by atoms with Crippen LogP contribution in [-0.2, 0) is 7.05 Å². The molecule has 104 valence electrons. The lowest BCUT2D eigenvalue weighted by molar-refractivity contribution is 0.759. The van der Waals surface area contributed by atoms with Crippen molar-refractivity contribution in [3.63, 3.8) is 0 Å². The molecule has 1 unspecified atom stereocenters. The molecule has 1 N–H and O–H groups in total. The molecule has 7 heteroatoms. The standard InChI is InChI=1S/C13H14BrN5S/c1-3-8(9-5-4-6-20-9)17-12-10-11(14)18-19(2)13(10)16-7-15-12/h4-8H,3H2,1-2H3,(H,15,16,17). The zero-order valence-corrected chi connectivity index (χ0v) is 13.6. The van der Waals surface area contributed by atoms with Gasteiger partial charge < -0.3 is 5.32 Å². The van der Waals surface area contributed by atoms with Gasteiger partial charge in [0.1, 0.15) is 16.7 Å². The van der Waals surface area contributed by atoms with Gasteiger partial charge in [0.25, 0.3) is 0 Å². The highest BCUT2D eigenvalue weighted by atomic mass is 79.9. The van der Waals surface area contributed by atoms with E-state index < -0.39 is 0 Å². The van der Waals surface area contributed by atoms with Crippen LogP contribution in [0.3, 0.4) is 0 Å². The molecule has 1 atom stereocenters. The minimum Gasteiger partial charge on any atom is -0.362 e. The number of thiophene rings is 1. The minimum atomic E-state index is 0.250. The summed E-state index contributed by atoms with van der Waals surface area (Å²) >= 11 is 5.23. The maximum Gasteiger partial charge on any atom is 0.164 e. The molecule has 20 heavy (non-hydrogen) atoms. The zero-order valence-electron chi connectivity index (χ0n) is 11.2. The number of anilines is 1. The number of rotatable bonds is 4. The quantitative estimate of drug-likeness (QED) is 0.777. The molecular formula is C13H14BrN5S. The number of hydrogen-bond acceptors (Lipinski definition) is 5. The Morgan fingerprint density at radius 3 is 3.00 bits per heavy atom. The average molecular weight is 352 g/mol. The summed E-state index contributed by atoms with van der Waals surface area (Å²) in [6, 6.07) is 4.46. The van der Waals surface area contributed by atoms with E-state index in [1.165, 1.54) is 4.88 Å². The average Bonchev–Trinajstić information content (AvgIpc) is 3.06. The van der Waals surface area contributed by atoms with Crippen molar-refractivity contribution in [3.05, 3.63) is 33.3 Å². The fourth-order valence-corrected chi connectivity index (χ4v) is 3.64. The molecule has 0 fully saturated rings. The first-order chi connectivity index (χ1) is 9.70. The first-order valence-corrected chi connectivity index (χ1v) is 8.01. The monoisotopic (exact) mass is 351 g/mol. The highest BCUT2D eigenvalue weighted by molar-refractivity contribution is 9.10. The highest BCUT2D eigenvalue weighted by Crippen LogP contribution is 2.31. The number of hydrogen-bond donors (Lipinski definition) is 1. The topological polar surface area (TPSA) is 55.6 Å². The second-order valence-electron chi connectivity index (χ2n) is 4.46. The molecule has 0 spiro atoms. The van der Waals surface area contributed by atoms with Crippen molar-refractivity contribution >= 4 is 44.1 Å². The van der Waals surface area contributed by atoms with E-state index in [-0.39, 0.29) is 6.04 Å².